The lowest BCUT2D eigenvalue weighted by Gasteiger charge is -2.16. The molecule has 2 N–H and O–H groups in total. The number of hydrogen-bond donors (Lipinski definition) is 2. The van der Waals surface area contributed by atoms with Crippen molar-refractivity contribution in [1.29, 1.82) is 0 Å². The van der Waals surface area contributed by atoms with E-state index in [1.54, 1.807) is 19.2 Å². The highest BCUT2D eigenvalue weighted by Gasteiger charge is 2.12. The number of aliphatic carboxylic acids is 1. The van der Waals surface area contributed by atoms with E-state index in [0.717, 1.165) is 22.3 Å². The zero-order valence-electron chi connectivity index (χ0n) is 20.0. The Morgan fingerprint density at radius 2 is 1.36 bits per heavy atom. The molecule has 0 aliphatic carbocycles. The van der Waals surface area contributed by atoms with E-state index < -0.39 is 12.1 Å². The minimum atomic E-state index is -0.880. The lowest BCUT2D eigenvalue weighted by Crippen LogP contribution is -2.25. The predicted octanol–water partition coefficient (Wildman–Crippen LogP) is 5.48. The summed E-state index contributed by atoms with van der Waals surface area (Å²) in [5, 5.41) is 19.5. The van der Waals surface area contributed by atoms with E-state index in [0.29, 0.717) is 22.8 Å². The van der Waals surface area contributed by atoms with Crippen LogP contribution >= 0.6 is 0 Å². The Bertz CT molecular complexity index is 1280. The van der Waals surface area contributed by atoms with Crippen molar-refractivity contribution in [3.05, 3.63) is 103 Å². The number of carbonyl (C=O) groups is 1. The van der Waals surface area contributed by atoms with E-state index in [4.69, 9.17) is 19.3 Å². The normalized spacial score (nSPS) is 11.5. The molecule has 0 heterocycles. The average molecular weight is 485 g/mol. The highest BCUT2D eigenvalue weighted by atomic mass is 16.5. The zero-order valence-corrected chi connectivity index (χ0v) is 20.0. The highest BCUT2D eigenvalue weighted by Crippen LogP contribution is 2.33. The molecular formula is C30H28O6. The predicted molar refractivity (Wildman–Crippen MR) is 139 cm³/mol. The summed E-state index contributed by atoms with van der Waals surface area (Å²) >= 11 is 0. The van der Waals surface area contributed by atoms with E-state index >= 15 is 0 Å². The summed E-state index contributed by atoms with van der Waals surface area (Å²) in [6.07, 6.45) is -0.903. The molecular weight excluding hydrogens is 456 g/mol. The van der Waals surface area contributed by atoms with Crippen molar-refractivity contribution < 1.29 is 29.2 Å². The Labute approximate surface area is 210 Å². The van der Waals surface area contributed by atoms with E-state index in [1.165, 1.54) is 0 Å². The molecule has 0 aromatic heterocycles. The topological polar surface area (TPSA) is 85.2 Å². The molecule has 4 rings (SSSR count). The van der Waals surface area contributed by atoms with Crippen LogP contribution < -0.4 is 14.2 Å². The molecule has 36 heavy (non-hydrogen) atoms. The maximum atomic E-state index is 11.1. The molecule has 1 atom stereocenters. The number of aliphatic hydroxyl groups excluding tert-OH is 1. The number of hydrogen-bond acceptors (Lipinski definition) is 5. The molecule has 0 saturated carbocycles. The van der Waals surface area contributed by atoms with Crippen LogP contribution in [0.2, 0.25) is 0 Å². The number of carboxylic acid groups (broad SMARTS) is 1. The van der Waals surface area contributed by atoms with Gasteiger partial charge in [-0.15, -0.1) is 0 Å². The van der Waals surface area contributed by atoms with Crippen molar-refractivity contribution in [2.75, 3.05) is 20.3 Å². The van der Waals surface area contributed by atoms with Crippen LogP contribution in [-0.4, -0.2) is 42.6 Å². The lowest BCUT2D eigenvalue weighted by atomic mass is 10.0. The molecule has 6 heteroatoms. The number of benzene rings is 4. The number of ether oxygens (including phenoxy) is 3. The minimum Gasteiger partial charge on any atom is -0.493 e. The van der Waals surface area contributed by atoms with Gasteiger partial charge in [0.1, 0.15) is 25.1 Å². The van der Waals surface area contributed by atoms with Crippen molar-refractivity contribution >= 4 is 5.97 Å². The van der Waals surface area contributed by atoms with Gasteiger partial charge in [0.2, 0.25) is 0 Å². The lowest BCUT2D eigenvalue weighted by molar-refractivity contribution is -0.136. The van der Waals surface area contributed by atoms with Gasteiger partial charge in [-0.05, 0) is 52.1 Å². The van der Waals surface area contributed by atoms with Crippen LogP contribution in [0.3, 0.4) is 0 Å². The number of carboxylic acids is 1. The van der Waals surface area contributed by atoms with E-state index in [2.05, 4.69) is 0 Å². The number of aliphatic hydroxyl groups is 1. The maximum absolute atomic E-state index is 11.1. The quantitative estimate of drug-likeness (QED) is 0.293. The second-order valence-electron chi connectivity index (χ2n) is 8.30. The van der Waals surface area contributed by atoms with Gasteiger partial charge < -0.3 is 24.4 Å². The summed E-state index contributed by atoms with van der Waals surface area (Å²) in [6.45, 7) is 0.0882. The minimum absolute atomic E-state index is 0.0148. The molecule has 4 aromatic carbocycles. The summed E-state index contributed by atoms with van der Waals surface area (Å²) in [4.78, 5) is 11.1. The van der Waals surface area contributed by atoms with Gasteiger partial charge in [0.15, 0.2) is 11.5 Å². The Kier molecular flexibility index (Phi) is 8.21. The van der Waals surface area contributed by atoms with Gasteiger partial charge in [-0.2, -0.15) is 0 Å². The van der Waals surface area contributed by atoms with E-state index in [9.17, 15) is 9.90 Å². The average Bonchev–Trinajstić information content (AvgIpc) is 2.91. The molecule has 6 nitrogen and oxygen atoms in total. The third-order valence-corrected chi connectivity index (χ3v) is 5.61. The molecule has 4 aromatic rings. The Hall–Kier alpha value is -4.29. The van der Waals surface area contributed by atoms with Gasteiger partial charge in [-0.3, -0.25) is 4.79 Å². The smallest absolute Gasteiger partial charge is 0.307 e. The SMILES string of the molecule is COc1ccc(-c2cccc(CC(=O)O)c2)cc1OCC(O)COc1ccc(-c2ccccc2)cc1. The third-order valence-electron chi connectivity index (χ3n) is 5.61. The Morgan fingerprint density at radius 1 is 0.722 bits per heavy atom. The third kappa shape index (κ3) is 6.64. The van der Waals surface area contributed by atoms with Crippen molar-refractivity contribution in [3.8, 4) is 39.5 Å². The number of rotatable bonds is 11. The van der Waals surface area contributed by atoms with Gasteiger partial charge in [-0.1, -0.05) is 72.8 Å². The fraction of sp³-hybridized carbons (Fsp3) is 0.167. The second kappa shape index (κ2) is 11.9. The standard InChI is InChI=1S/C30H28O6/c1-34-28-15-12-25(24-9-5-6-21(16-24)17-30(32)33)18-29(28)36-20-26(31)19-35-27-13-10-23(11-14-27)22-7-3-2-4-8-22/h2-16,18,26,31H,17,19-20H2,1H3,(H,32,33). The summed E-state index contributed by atoms with van der Waals surface area (Å²) in [5.41, 5.74) is 4.64. The first-order valence-corrected chi connectivity index (χ1v) is 11.6. The van der Waals surface area contributed by atoms with Crippen molar-refractivity contribution in [1.82, 2.24) is 0 Å². The first kappa shape index (κ1) is 24.8. The molecule has 0 spiro atoms. The summed E-state index contributed by atoms with van der Waals surface area (Å²) < 4.78 is 17.0. The summed E-state index contributed by atoms with van der Waals surface area (Å²) in [5.74, 6) is 0.791. The first-order valence-electron chi connectivity index (χ1n) is 11.6. The largest absolute Gasteiger partial charge is 0.493 e. The first-order chi connectivity index (χ1) is 17.5. The molecule has 0 amide bonds. The van der Waals surface area contributed by atoms with Crippen molar-refractivity contribution in [3.63, 3.8) is 0 Å². The van der Waals surface area contributed by atoms with Gasteiger partial charge in [0.25, 0.3) is 0 Å². The van der Waals surface area contributed by atoms with Crippen LogP contribution in [0.15, 0.2) is 97.1 Å². The Balaban J connectivity index is 1.36. The molecule has 1 unspecified atom stereocenters. The molecule has 0 radical (unpaired) electrons. The van der Waals surface area contributed by atoms with Gasteiger partial charge in [0.05, 0.1) is 13.5 Å². The molecule has 0 fully saturated rings. The van der Waals surface area contributed by atoms with Gasteiger partial charge >= 0.3 is 5.97 Å². The van der Waals surface area contributed by atoms with Gasteiger partial charge in [-0.25, -0.2) is 0 Å². The maximum Gasteiger partial charge on any atom is 0.307 e. The monoisotopic (exact) mass is 484 g/mol. The van der Waals surface area contributed by atoms with E-state index in [-0.39, 0.29) is 19.6 Å². The molecule has 0 bridgehead atoms. The summed E-state index contributed by atoms with van der Waals surface area (Å²) in [6, 6.07) is 30.6. The van der Waals surface area contributed by atoms with Crippen LogP contribution in [-0.2, 0) is 11.2 Å². The number of methoxy groups -OCH3 is 1. The Morgan fingerprint density at radius 3 is 2.08 bits per heavy atom. The van der Waals surface area contributed by atoms with Crippen molar-refractivity contribution in [2.45, 2.75) is 12.5 Å². The van der Waals surface area contributed by atoms with Gasteiger partial charge in [0, 0.05) is 0 Å². The van der Waals surface area contributed by atoms with Crippen LogP contribution in [0.4, 0.5) is 0 Å². The van der Waals surface area contributed by atoms with E-state index in [1.807, 2.05) is 84.9 Å². The van der Waals surface area contributed by atoms with Crippen LogP contribution in [0.1, 0.15) is 5.56 Å². The fourth-order valence-electron chi connectivity index (χ4n) is 3.81. The van der Waals surface area contributed by atoms with Crippen LogP contribution in [0.25, 0.3) is 22.3 Å². The van der Waals surface area contributed by atoms with Crippen LogP contribution in [0, 0.1) is 0 Å². The summed E-state index contributed by atoms with van der Waals surface area (Å²) in [7, 11) is 1.55. The molecule has 184 valence electrons. The highest BCUT2D eigenvalue weighted by molar-refractivity contribution is 5.73. The molecule has 0 saturated heterocycles. The molecule has 0 aliphatic rings. The molecule has 0 aliphatic heterocycles. The van der Waals surface area contributed by atoms with Crippen molar-refractivity contribution in [2.24, 2.45) is 0 Å². The second-order valence-corrected chi connectivity index (χ2v) is 8.30. The fourth-order valence-corrected chi connectivity index (χ4v) is 3.81. The zero-order chi connectivity index (χ0) is 25.3. The van der Waals surface area contributed by atoms with Crippen LogP contribution in [0.5, 0.6) is 17.2 Å².